The quantitative estimate of drug-likeness (QED) is 0.874. The van der Waals surface area contributed by atoms with Gasteiger partial charge in [0.2, 0.25) is 0 Å². The van der Waals surface area contributed by atoms with E-state index in [4.69, 9.17) is 0 Å². The molecule has 0 unspecified atom stereocenters. The lowest BCUT2D eigenvalue weighted by Gasteiger charge is -2.21. The van der Waals surface area contributed by atoms with Gasteiger partial charge in [0.1, 0.15) is 5.82 Å². The molecule has 1 aromatic carbocycles. The summed E-state index contributed by atoms with van der Waals surface area (Å²) in [6.07, 6.45) is 0. The van der Waals surface area contributed by atoms with Crippen molar-refractivity contribution in [1.29, 1.82) is 0 Å². The molecule has 0 saturated heterocycles. The van der Waals surface area contributed by atoms with Crippen LogP contribution in [-0.4, -0.2) is 21.2 Å². The molecule has 5 heteroatoms. The molecule has 1 heterocycles. The molecule has 2 rings (SSSR count). The van der Waals surface area contributed by atoms with E-state index in [1.165, 1.54) is 6.07 Å². The van der Waals surface area contributed by atoms with Gasteiger partial charge in [-0.15, -0.1) is 0 Å². The Morgan fingerprint density at radius 3 is 2.38 bits per heavy atom. The van der Waals surface area contributed by atoms with E-state index in [1.54, 1.807) is 25.1 Å². The SMILES string of the molecule is Cc1c(CNC(C)(C)C)c(C(=O)O)c(C)n1Cc1ccccc1F. The molecule has 0 aliphatic rings. The summed E-state index contributed by atoms with van der Waals surface area (Å²) in [5.74, 6) is -1.23. The Morgan fingerprint density at radius 2 is 1.83 bits per heavy atom. The molecule has 2 N–H and O–H groups in total. The van der Waals surface area contributed by atoms with Crippen molar-refractivity contribution < 1.29 is 14.3 Å². The number of hydrogen-bond donors (Lipinski definition) is 2. The minimum Gasteiger partial charge on any atom is -0.478 e. The first-order chi connectivity index (χ1) is 11.1. The number of rotatable bonds is 5. The summed E-state index contributed by atoms with van der Waals surface area (Å²) in [5.41, 5.74) is 2.99. The number of aromatic nitrogens is 1. The van der Waals surface area contributed by atoms with Gasteiger partial charge >= 0.3 is 5.97 Å². The van der Waals surface area contributed by atoms with Crippen molar-refractivity contribution in [1.82, 2.24) is 9.88 Å². The second kappa shape index (κ2) is 6.77. The van der Waals surface area contributed by atoms with Gasteiger partial charge in [0.15, 0.2) is 0 Å². The van der Waals surface area contributed by atoms with Gasteiger partial charge in [-0.1, -0.05) is 18.2 Å². The first-order valence-corrected chi connectivity index (χ1v) is 8.02. The fourth-order valence-corrected chi connectivity index (χ4v) is 2.84. The highest BCUT2D eigenvalue weighted by molar-refractivity contribution is 5.91. The standard InChI is InChI=1S/C19H25FN2O2/c1-12-15(10-21-19(3,4)5)17(18(23)24)13(2)22(12)11-14-8-6-7-9-16(14)20/h6-9,21H,10-11H2,1-5H3,(H,23,24). The number of nitrogens with one attached hydrogen (secondary N) is 1. The van der Waals surface area contributed by atoms with E-state index >= 15 is 0 Å². The number of carboxylic acid groups (broad SMARTS) is 1. The first-order valence-electron chi connectivity index (χ1n) is 8.02. The average molecular weight is 332 g/mol. The van der Waals surface area contributed by atoms with Crippen molar-refractivity contribution in [2.75, 3.05) is 0 Å². The zero-order chi connectivity index (χ0) is 18.1. The third-order valence-corrected chi connectivity index (χ3v) is 4.21. The maximum Gasteiger partial charge on any atom is 0.337 e. The normalized spacial score (nSPS) is 11.8. The van der Waals surface area contributed by atoms with Crippen molar-refractivity contribution in [3.8, 4) is 0 Å². The summed E-state index contributed by atoms with van der Waals surface area (Å²) in [4.78, 5) is 11.7. The predicted octanol–water partition coefficient (Wildman–Crippen LogP) is 3.88. The lowest BCUT2D eigenvalue weighted by atomic mass is 10.1. The Balaban J connectivity index is 2.46. The van der Waals surface area contributed by atoms with E-state index < -0.39 is 5.97 Å². The van der Waals surface area contributed by atoms with Crippen LogP contribution in [0.2, 0.25) is 0 Å². The van der Waals surface area contributed by atoms with Crippen LogP contribution in [0.1, 0.15) is 53.6 Å². The fraction of sp³-hybridized carbons (Fsp3) is 0.421. The molecule has 0 aliphatic carbocycles. The first kappa shape index (κ1) is 18.2. The smallest absolute Gasteiger partial charge is 0.337 e. The van der Waals surface area contributed by atoms with E-state index in [1.807, 2.05) is 32.3 Å². The van der Waals surface area contributed by atoms with Crippen LogP contribution in [0.4, 0.5) is 4.39 Å². The van der Waals surface area contributed by atoms with Gasteiger partial charge in [-0.25, -0.2) is 9.18 Å². The number of aromatic carboxylic acids is 1. The predicted molar refractivity (Wildman–Crippen MR) is 93.0 cm³/mol. The van der Waals surface area contributed by atoms with Crippen LogP contribution in [-0.2, 0) is 13.1 Å². The average Bonchev–Trinajstić information content (AvgIpc) is 2.70. The summed E-state index contributed by atoms with van der Waals surface area (Å²) in [5, 5.41) is 13.0. The van der Waals surface area contributed by atoms with Crippen molar-refractivity contribution in [2.45, 2.75) is 53.2 Å². The Labute approximate surface area is 142 Å². The van der Waals surface area contributed by atoms with Crippen LogP contribution in [0, 0.1) is 19.7 Å². The molecule has 0 bridgehead atoms. The summed E-state index contributed by atoms with van der Waals surface area (Å²) >= 11 is 0. The molecule has 0 spiro atoms. The van der Waals surface area contributed by atoms with Gasteiger partial charge in [-0.05, 0) is 40.7 Å². The molecular formula is C19H25FN2O2. The van der Waals surface area contributed by atoms with Gasteiger partial charge in [-0.3, -0.25) is 0 Å². The van der Waals surface area contributed by atoms with Gasteiger partial charge in [0, 0.05) is 34.6 Å². The summed E-state index contributed by atoms with van der Waals surface area (Å²) in [6.45, 7) is 10.5. The van der Waals surface area contributed by atoms with E-state index in [2.05, 4.69) is 5.32 Å². The molecule has 1 aromatic heterocycles. The fourth-order valence-electron chi connectivity index (χ4n) is 2.84. The largest absolute Gasteiger partial charge is 0.478 e. The number of hydrogen-bond acceptors (Lipinski definition) is 2. The van der Waals surface area contributed by atoms with E-state index in [-0.39, 0.29) is 11.4 Å². The topological polar surface area (TPSA) is 54.3 Å². The van der Waals surface area contributed by atoms with E-state index in [9.17, 15) is 14.3 Å². The molecule has 0 amide bonds. The van der Waals surface area contributed by atoms with Gasteiger partial charge in [-0.2, -0.15) is 0 Å². The van der Waals surface area contributed by atoms with Crippen LogP contribution >= 0.6 is 0 Å². The minimum atomic E-state index is -0.950. The molecule has 0 saturated carbocycles. The molecule has 24 heavy (non-hydrogen) atoms. The summed E-state index contributed by atoms with van der Waals surface area (Å²) < 4.78 is 15.8. The second-order valence-electron chi connectivity index (χ2n) is 7.11. The Morgan fingerprint density at radius 1 is 1.21 bits per heavy atom. The Kier molecular flexibility index (Phi) is 5.13. The van der Waals surface area contributed by atoms with Crippen molar-refractivity contribution in [2.24, 2.45) is 0 Å². The monoisotopic (exact) mass is 332 g/mol. The molecule has 2 aromatic rings. The van der Waals surface area contributed by atoms with Crippen molar-refractivity contribution in [3.05, 3.63) is 58.2 Å². The number of halogens is 1. The zero-order valence-corrected chi connectivity index (χ0v) is 14.9. The van der Waals surface area contributed by atoms with Crippen LogP contribution in [0.25, 0.3) is 0 Å². The van der Waals surface area contributed by atoms with E-state index in [0.717, 1.165) is 11.3 Å². The minimum absolute atomic E-state index is 0.121. The van der Waals surface area contributed by atoms with Gasteiger partial charge in [0.25, 0.3) is 0 Å². The Hall–Kier alpha value is -2.14. The molecule has 0 fully saturated rings. The summed E-state index contributed by atoms with van der Waals surface area (Å²) in [6, 6.07) is 6.58. The highest BCUT2D eigenvalue weighted by Crippen LogP contribution is 2.25. The number of nitrogens with zero attached hydrogens (tertiary/aromatic N) is 1. The molecule has 0 atom stereocenters. The highest BCUT2D eigenvalue weighted by atomic mass is 19.1. The molecule has 130 valence electrons. The highest BCUT2D eigenvalue weighted by Gasteiger charge is 2.24. The molecule has 0 aliphatic heterocycles. The molecule has 0 radical (unpaired) electrons. The third kappa shape index (κ3) is 3.85. The molecule has 4 nitrogen and oxygen atoms in total. The number of carbonyl (C=O) groups is 1. The van der Waals surface area contributed by atoms with Gasteiger partial charge < -0.3 is 15.0 Å². The summed E-state index contributed by atoms with van der Waals surface area (Å²) in [7, 11) is 0. The van der Waals surface area contributed by atoms with Crippen LogP contribution in [0.15, 0.2) is 24.3 Å². The van der Waals surface area contributed by atoms with Crippen molar-refractivity contribution in [3.63, 3.8) is 0 Å². The van der Waals surface area contributed by atoms with Gasteiger partial charge in [0.05, 0.1) is 12.1 Å². The lowest BCUT2D eigenvalue weighted by molar-refractivity contribution is 0.0694. The zero-order valence-electron chi connectivity index (χ0n) is 14.9. The maximum absolute atomic E-state index is 14.0. The third-order valence-electron chi connectivity index (χ3n) is 4.21. The lowest BCUT2D eigenvalue weighted by Crippen LogP contribution is -2.35. The second-order valence-corrected chi connectivity index (χ2v) is 7.11. The van der Waals surface area contributed by atoms with E-state index in [0.29, 0.717) is 29.9 Å². The Bertz CT molecular complexity index is 757. The number of benzene rings is 1. The molecular weight excluding hydrogens is 307 g/mol. The van der Waals surface area contributed by atoms with Crippen LogP contribution < -0.4 is 5.32 Å². The maximum atomic E-state index is 14.0. The van der Waals surface area contributed by atoms with Crippen molar-refractivity contribution >= 4 is 5.97 Å². The van der Waals surface area contributed by atoms with Crippen LogP contribution in [0.5, 0.6) is 0 Å². The number of carboxylic acids is 1. The van der Waals surface area contributed by atoms with Crippen LogP contribution in [0.3, 0.4) is 0 Å².